The van der Waals surface area contributed by atoms with Crippen molar-refractivity contribution in [3.8, 4) is 11.8 Å². The Bertz CT molecular complexity index is 447. The minimum atomic E-state index is -0.555. The summed E-state index contributed by atoms with van der Waals surface area (Å²) in [6.45, 7) is 2.41. The average Bonchev–Trinajstić information content (AvgIpc) is 2.48. The smallest absolute Gasteiger partial charge is 0.119 e. The number of hydrogen-bond acceptors (Lipinski definition) is 5. The number of aliphatic hydroxyl groups is 2. The monoisotopic (exact) mass is 276 g/mol. The van der Waals surface area contributed by atoms with Crippen molar-refractivity contribution in [2.24, 2.45) is 0 Å². The predicted molar refractivity (Wildman–Crippen MR) is 74.3 cm³/mol. The van der Waals surface area contributed by atoms with Gasteiger partial charge in [0.25, 0.3) is 0 Å². The average molecular weight is 276 g/mol. The lowest BCUT2D eigenvalue weighted by atomic mass is 10.1. The first-order valence-corrected chi connectivity index (χ1v) is 6.89. The molecule has 0 aliphatic carbocycles. The van der Waals surface area contributed by atoms with E-state index >= 15 is 0 Å². The van der Waals surface area contributed by atoms with E-state index in [-0.39, 0.29) is 12.7 Å². The molecule has 1 aromatic carbocycles. The van der Waals surface area contributed by atoms with E-state index in [1.807, 2.05) is 6.07 Å². The molecule has 0 radical (unpaired) electrons. The normalized spacial score (nSPS) is 18.4. The Labute approximate surface area is 119 Å². The lowest BCUT2D eigenvalue weighted by molar-refractivity contribution is 0.0337. The Morgan fingerprint density at radius 3 is 2.55 bits per heavy atom. The van der Waals surface area contributed by atoms with E-state index in [4.69, 9.17) is 10.00 Å². The first-order valence-electron chi connectivity index (χ1n) is 6.89. The fourth-order valence-electron chi connectivity index (χ4n) is 2.27. The van der Waals surface area contributed by atoms with Crippen LogP contribution < -0.4 is 4.74 Å². The standard InChI is InChI=1S/C15H20N2O3/c16-9-12-1-3-15(4-2-12)20-11-14(19)10-17-7-5-13(18)6-8-17/h1-4,13-14,18-19H,5-8,10-11H2. The highest BCUT2D eigenvalue weighted by Gasteiger charge is 2.19. The maximum Gasteiger partial charge on any atom is 0.119 e. The highest BCUT2D eigenvalue weighted by Crippen LogP contribution is 2.13. The van der Waals surface area contributed by atoms with Crippen molar-refractivity contribution >= 4 is 0 Å². The van der Waals surface area contributed by atoms with Crippen molar-refractivity contribution in [3.05, 3.63) is 29.8 Å². The van der Waals surface area contributed by atoms with Crippen LogP contribution in [0, 0.1) is 11.3 Å². The van der Waals surface area contributed by atoms with Gasteiger partial charge < -0.3 is 19.8 Å². The zero-order valence-electron chi connectivity index (χ0n) is 11.4. The maximum absolute atomic E-state index is 9.95. The van der Waals surface area contributed by atoms with Crippen LogP contribution in [0.15, 0.2) is 24.3 Å². The molecule has 5 nitrogen and oxygen atoms in total. The number of ether oxygens (including phenoxy) is 1. The molecule has 0 bridgehead atoms. The molecule has 2 rings (SSSR count). The molecule has 1 atom stereocenters. The van der Waals surface area contributed by atoms with Gasteiger partial charge in [-0.2, -0.15) is 5.26 Å². The van der Waals surface area contributed by atoms with Gasteiger partial charge in [-0.05, 0) is 37.1 Å². The number of β-amino-alcohol motifs (C(OH)–C–C–N with tert-alkyl or cyclic N) is 1. The topological polar surface area (TPSA) is 76.7 Å². The van der Waals surface area contributed by atoms with Crippen LogP contribution in [0.5, 0.6) is 5.75 Å². The van der Waals surface area contributed by atoms with Crippen molar-refractivity contribution in [1.82, 2.24) is 4.90 Å². The van der Waals surface area contributed by atoms with Gasteiger partial charge in [0, 0.05) is 19.6 Å². The molecule has 1 aliphatic heterocycles. The van der Waals surface area contributed by atoms with Crippen LogP contribution in [-0.2, 0) is 0 Å². The van der Waals surface area contributed by atoms with Crippen LogP contribution >= 0.6 is 0 Å². The van der Waals surface area contributed by atoms with Gasteiger partial charge in [0.15, 0.2) is 0 Å². The molecule has 0 amide bonds. The highest BCUT2D eigenvalue weighted by molar-refractivity contribution is 5.34. The molecule has 1 aliphatic rings. The Kier molecular flexibility index (Phi) is 5.36. The Morgan fingerprint density at radius 1 is 1.30 bits per heavy atom. The van der Waals surface area contributed by atoms with Crippen molar-refractivity contribution < 1.29 is 14.9 Å². The van der Waals surface area contributed by atoms with Gasteiger partial charge in [-0.1, -0.05) is 0 Å². The van der Waals surface area contributed by atoms with Crippen LogP contribution in [0.1, 0.15) is 18.4 Å². The van der Waals surface area contributed by atoms with E-state index < -0.39 is 6.10 Å². The molecule has 2 N–H and O–H groups in total. The fourth-order valence-corrected chi connectivity index (χ4v) is 2.27. The van der Waals surface area contributed by atoms with Crippen molar-refractivity contribution in [3.63, 3.8) is 0 Å². The van der Waals surface area contributed by atoms with Gasteiger partial charge in [-0.25, -0.2) is 0 Å². The number of benzene rings is 1. The number of nitriles is 1. The Hall–Kier alpha value is -1.61. The molecular formula is C15H20N2O3. The lowest BCUT2D eigenvalue weighted by Crippen LogP contribution is -2.41. The Morgan fingerprint density at radius 2 is 1.95 bits per heavy atom. The number of piperidine rings is 1. The third-order valence-electron chi connectivity index (χ3n) is 3.45. The minimum Gasteiger partial charge on any atom is -0.491 e. The summed E-state index contributed by atoms with van der Waals surface area (Å²) in [5, 5.41) is 28.1. The molecule has 108 valence electrons. The van der Waals surface area contributed by atoms with Crippen LogP contribution in [0.25, 0.3) is 0 Å². The summed E-state index contributed by atoms with van der Waals surface area (Å²) in [5.74, 6) is 0.650. The van der Waals surface area contributed by atoms with E-state index in [2.05, 4.69) is 4.90 Å². The number of hydrogen-bond donors (Lipinski definition) is 2. The summed E-state index contributed by atoms with van der Waals surface area (Å²) in [6, 6.07) is 8.87. The minimum absolute atomic E-state index is 0.196. The fraction of sp³-hybridized carbons (Fsp3) is 0.533. The zero-order chi connectivity index (χ0) is 14.4. The second-order valence-electron chi connectivity index (χ2n) is 5.13. The molecule has 1 heterocycles. The van der Waals surface area contributed by atoms with Gasteiger partial charge in [-0.15, -0.1) is 0 Å². The van der Waals surface area contributed by atoms with E-state index in [0.717, 1.165) is 25.9 Å². The summed E-state index contributed by atoms with van der Waals surface area (Å²) in [7, 11) is 0. The van der Waals surface area contributed by atoms with Gasteiger partial charge in [0.1, 0.15) is 18.5 Å². The van der Waals surface area contributed by atoms with Crippen LogP contribution in [0.3, 0.4) is 0 Å². The number of likely N-dealkylation sites (tertiary alicyclic amines) is 1. The first kappa shape index (κ1) is 14.8. The quantitative estimate of drug-likeness (QED) is 0.830. The van der Waals surface area contributed by atoms with Crippen LogP contribution in [0.2, 0.25) is 0 Å². The second-order valence-corrected chi connectivity index (χ2v) is 5.13. The van der Waals surface area contributed by atoms with Gasteiger partial charge in [-0.3, -0.25) is 0 Å². The number of aliphatic hydroxyl groups excluding tert-OH is 2. The van der Waals surface area contributed by atoms with Crippen LogP contribution in [0.4, 0.5) is 0 Å². The number of rotatable bonds is 5. The summed E-state index contributed by atoms with van der Waals surface area (Å²) < 4.78 is 5.49. The Balaban J connectivity index is 1.71. The molecule has 0 saturated carbocycles. The van der Waals surface area contributed by atoms with Crippen molar-refractivity contribution in [1.29, 1.82) is 5.26 Å². The zero-order valence-corrected chi connectivity index (χ0v) is 11.4. The molecule has 1 fully saturated rings. The van der Waals surface area contributed by atoms with E-state index in [1.165, 1.54) is 0 Å². The molecule has 5 heteroatoms. The summed E-state index contributed by atoms with van der Waals surface area (Å²) in [6.07, 6.45) is 0.783. The second kappa shape index (κ2) is 7.25. The molecule has 1 saturated heterocycles. The first-order chi connectivity index (χ1) is 9.67. The van der Waals surface area contributed by atoms with Gasteiger partial charge in [0.2, 0.25) is 0 Å². The third kappa shape index (κ3) is 4.49. The predicted octanol–water partition coefficient (Wildman–Crippen LogP) is 0.755. The van der Waals surface area contributed by atoms with Crippen molar-refractivity contribution in [2.75, 3.05) is 26.2 Å². The largest absolute Gasteiger partial charge is 0.491 e. The van der Waals surface area contributed by atoms with E-state index in [0.29, 0.717) is 17.9 Å². The summed E-state index contributed by atoms with van der Waals surface area (Å²) >= 11 is 0. The van der Waals surface area contributed by atoms with Crippen LogP contribution in [-0.4, -0.2) is 53.6 Å². The van der Waals surface area contributed by atoms with E-state index in [1.54, 1.807) is 24.3 Å². The SMILES string of the molecule is N#Cc1ccc(OCC(O)CN2CCC(O)CC2)cc1. The van der Waals surface area contributed by atoms with E-state index in [9.17, 15) is 10.2 Å². The highest BCUT2D eigenvalue weighted by atomic mass is 16.5. The van der Waals surface area contributed by atoms with Gasteiger partial charge >= 0.3 is 0 Å². The molecule has 0 aromatic heterocycles. The number of nitrogens with zero attached hydrogens (tertiary/aromatic N) is 2. The molecular weight excluding hydrogens is 256 g/mol. The lowest BCUT2D eigenvalue weighted by Gasteiger charge is -2.30. The van der Waals surface area contributed by atoms with Gasteiger partial charge in [0.05, 0.1) is 17.7 Å². The maximum atomic E-state index is 9.95. The molecule has 1 aromatic rings. The summed E-state index contributed by atoms with van der Waals surface area (Å²) in [4.78, 5) is 2.14. The van der Waals surface area contributed by atoms with Crippen molar-refractivity contribution in [2.45, 2.75) is 25.0 Å². The molecule has 20 heavy (non-hydrogen) atoms. The molecule has 0 spiro atoms. The third-order valence-corrected chi connectivity index (χ3v) is 3.45. The molecule has 1 unspecified atom stereocenters. The summed E-state index contributed by atoms with van der Waals surface area (Å²) in [5.41, 5.74) is 0.588.